The molecule has 1 N–H and O–H groups in total. The van der Waals surface area contributed by atoms with Crippen LogP contribution in [0.4, 0.5) is 0 Å². The molecule has 1 atom stereocenters. The van der Waals surface area contributed by atoms with Gasteiger partial charge in [0.1, 0.15) is 6.04 Å². The van der Waals surface area contributed by atoms with Gasteiger partial charge in [-0.3, -0.25) is 14.4 Å². The quantitative estimate of drug-likeness (QED) is 0.889. The second kappa shape index (κ2) is 7.62. The number of benzene rings is 1. The summed E-state index contributed by atoms with van der Waals surface area (Å²) in [5.41, 5.74) is 3.33. The van der Waals surface area contributed by atoms with E-state index in [4.69, 9.17) is 5.10 Å². The smallest absolute Gasteiger partial charge is 0.320 e. The zero-order valence-electron chi connectivity index (χ0n) is 16.0. The molecule has 3 rings (SSSR count). The van der Waals surface area contributed by atoms with Gasteiger partial charge in [0.15, 0.2) is 0 Å². The van der Waals surface area contributed by atoms with Gasteiger partial charge in [0.05, 0.1) is 12.2 Å². The van der Waals surface area contributed by atoms with Crippen molar-refractivity contribution in [1.29, 1.82) is 0 Å². The maximum Gasteiger partial charge on any atom is 0.320 e. The molecule has 0 amide bonds. The molecule has 0 aliphatic carbocycles. The van der Waals surface area contributed by atoms with Gasteiger partial charge in [0.2, 0.25) is 0 Å². The minimum Gasteiger partial charge on any atom is -0.480 e. The van der Waals surface area contributed by atoms with Crippen LogP contribution in [0.3, 0.4) is 0 Å². The van der Waals surface area contributed by atoms with Crippen molar-refractivity contribution in [3.05, 3.63) is 53.3 Å². The van der Waals surface area contributed by atoms with Crippen LogP contribution >= 0.6 is 0 Å². The summed E-state index contributed by atoms with van der Waals surface area (Å²) in [6.45, 7) is 8.71. The van der Waals surface area contributed by atoms with Crippen LogP contribution < -0.4 is 0 Å². The van der Waals surface area contributed by atoms with Crippen LogP contribution in [0, 0.1) is 0 Å². The average molecular weight is 355 g/mol. The monoisotopic (exact) mass is 355 g/mol. The van der Waals surface area contributed by atoms with Crippen LogP contribution in [-0.2, 0) is 23.3 Å². The predicted molar refractivity (Wildman–Crippen MR) is 102 cm³/mol. The van der Waals surface area contributed by atoms with Gasteiger partial charge < -0.3 is 5.11 Å². The molecular weight excluding hydrogens is 326 g/mol. The Kier molecular flexibility index (Phi) is 5.47. The third kappa shape index (κ3) is 4.33. The van der Waals surface area contributed by atoms with E-state index < -0.39 is 5.97 Å². The molecule has 2 aromatic rings. The first-order valence-corrected chi connectivity index (χ1v) is 9.42. The maximum absolute atomic E-state index is 11.6. The Balaban J connectivity index is 1.86. The van der Waals surface area contributed by atoms with Crippen molar-refractivity contribution in [2.45, 2.75) is 64.6 Å². The summed E-state index contributed by atoms with van der Waals surface area (Å²) in [4.78, 5) is 13.7. The van der Waals surface area contributed by atoms with Gasteiger partial charge in [0, 0.05) is 23.7 Å². The minimum absolute atomic E-state index is 0.0776. The van der Waals surface area contributed by atoms with Crippen LogP contribution in [0.1, 0.15) is 56.9 Å². The van der Waals surface area contributed by atoms with Crippen molar-refractivity contribution in [3.8, 4) is 0 Å². The van der Waals surface area contributed by atoms with Crippen molar-refractivity contribution >= 4 is 5.97 Å². The molecule has 5 heteroatoms. The van der Waals surface area contributed by atoms with Crippen LogP contribution in [0.2, 0.25) is 0 Å². The summed E-state index contributed by atoms with van der Waals surface area (Å²) in [7, 11) is 0. The molecular formula is C21H29N3O2. The molecule has 1 aromatic carbocycles. The van der Waals surface area contributed by atoms with E-state index in [0.29, 0.717) is 6.54 Å². The third-order valence-electron chi connectivity index (χ3n) is 5.01. The van der Waals surface area contributed by atoms with E-state index >= 15 is 0 Å². The average Bonchev–Trinajstić information content (AvgIpc) is 2.99. The molecule has 0 saturated carbocycles. The summed E-state index contributed by atoms with van der Waals surface area (Å²) >= 11 is 0. The Morgan fingerprint density at radius 3 is 2.58 bits per heavy atom. The number of carboxylic acids is 1. The molecule has 0 bridgehead atoms. The number of likely N-dealkylation sites (tertiary alicyclic amines) is 1. The summed E-state index contributed by atoms with van der Waals surface area (Å²) < 4.78 is 1.99. The molecule has 1 aliphatic rings. The largest absolute Gasteiger partial charge is 0.480 e. The van der Waals surface area contributed by atoms with E-state index in [9.17, 15) is 9.90 Å². The molecule has 1 saturated heterocycles. The number of aliphatic carboxylic acids is 1. The van der Waals surface area contributed by atoms with Crippen LogP contribution in [0.25, 0.3) is 0 Å². The van der Waals surface area contributed by atoms with E-state index in [0.717, 1.165) is 43.6 Å². The number of carboxylic acid groups (broad SMARTS) is 1. The Bertz CT molecular complexity index is 746. The first-order chi connectivity index (χ1) is 12.3. The van der Waals surface area contributed by atoms with Gasteiger partial charge in [-0.2, -0.15) is 5.10 Å². The van der Waals surface area contributed by atoms with Gasteiger partial charge in [-0.25, -0.2) is 0 Å². The molecule has 1 aliphatic heterocycles. The number of aromatic nitrogens is 2. The number of rotatable bonds is 5. The predicted octanol–water partition coefficient (Wildman–Crippen LogP) is 3.67. The first kappa shape index (κ1) is 18.6. The number of hydrogen-bond donors (Lipinski definition) is 1. The zero-order valence-corrected chi connectivity index (χ0v) is 16.0. The van der Waals surface area contributed by atoms with E-state index in [1.807, 2.05) is 22.9 Å². The zero-order chi connectivity index (χ0) is 18.7. The van der Waals surface area contributed by atoms with E-state index in [1.54, 1.807) is 0 Å². The topological polar surface area (TPSA) is 58.4 Å². The van der Waals surface area contributed by atoms with E-state index in [1.165, 1.54) is 5.56 Å². The van der Waals surface area contributed by atoms with Crippen molar-refractivity contribution in [2.75, 3.05) is 6.54 Å². The summed E-state index contributed by atoms with van der Waals surface area (Å²) in [6, 6.07) is 9.91. The second-order valence-electron chi connectivity index (χ2n) is 8.26. The normalized spacial score (nSPS) is 18.8. The number of piperidine rings is 1. The van der Waals surface area contributed by atoms with Crippen molar-refractivity contribution < 1.29 is 9.90 Å². The molecule has 1 aromatic heterocycles. The fourth-order valence-corrected chi connectivity index (χ4v) is 3.74. The molecule has 2 heterocycles. The molecule has 1 fully saturated rings. The number of carbonyl (C=O) groups is 1. The lowest BCUT2D eigenvalue weighted by Crippen LogP contribution is -2.44. The lowest BCUT2D eigenvalue weighted by Gasteiger charge is -2.33. The van der Waals surface area contributed by atoms with Gasteiger partial charge in [0.25, 0.3) is 0 Å². The number of hydrogen-bond acceptors (Lipinski definition) is 3. The molecule has 0 spiro atoms. The Labute approximate surface area is 155 Å². The highest BCUT2D eigenvalue weighted by molar-refractivity contribution is 5.73. The van der Waals surface area contributed by atoms with Crippen molar-refractivity contribution in [3.63, 3.8) is 0 Å². The van der Waals surface area contributed by atoms with Crippen LogP contribution in [0.15, 0.2) is 36.5 Å². The number of nitrogens with zero attached hydrogens (tertiary/aromatic N) is 3. The van der Waals surface area contributed by atoms with Crippen LogP contribution in [-0.4, -0.2) is 38.3 Å². The molecule has 5 nitrogen and oxygen atoms in total. The first-order valence-electron chi connectivity index (χ1n) is 9.42. The highest BCUT2D eigenvalue weighted by Gasteiger charge is 2.31. The van der Waals surface area contributed by atoms with Crippen molar-refractivity contribution in [2.24, 2.45) is 0 Å². The highest BCUT2D eigenvalue weighted by atomic mass is 16.4. The Morgan fingerprint density at radius 1 is 1.19 bits per heavy atom. The van der Waals surface area contributed by atoms with Gasteiger partial charge in [-0.05, 0) is 24.9 Å². The van der Waals surface area contributed by atoms with Gasteiger partial charge in [-0.1, -0.05) is 57.5 Å². The lowest BCUT2D eigenvalue weighted by atomic mass is 9.89. The van der Waals surface area contributed by atoms with Crippen LogP contribution in [0.5, 0.6) is 0 Å². The minimum atomic E-state index is -0.710. The summed E-state index contributed by atoms with van der Waals surface area (Å²) in [5, 5.41) is 14.4. The van der Waals surface area contributed by atoms with Gasteiger partial charge in [-0.15, -0.1) is 0 Å². The molecule has 140 valence electrons. The maximum atomic E-state index is 11.6. The lowest BCUT2D eigenvalue weighted by molar-refractivity contribution is -0.144. The van der Waals surface area contributed by atoms with Gasteiger partial charge >= 0.3 is 5.97 Å². The Morgan fingerprint density at radius 2 is 1.92 bits per heavy atom. The molecule has 1 unspecified atom stereocenters. The third-order valence-corrected chi connectivity index (χ3v) is 5.01. The highest BCUT2D eigenvalue weighted by Crippen LogP contribution is 2.28. The fourth-order valence-electron chi connectivity index (χ4n) is 3.74. The molecule has 26 heavy (non-hydrogen) atoms. The fraction of sp³-hybridized carbons (Fsp3) is 0.524. The van der Waals surface area contributed by atoms with E-state index in [-0.39, 0.29) is 11.5 Å². The molecule has 0 radical (unpaired) electrons. The van der Waals surface area contributed by atoms with Crippen molar-refractivity contribution in [1.82, 2.24) is 14.7 Å². The Hall–Kier alpha value is -2.14. The standard InChI is InChI=1S/C21H29N3O2/c1-21(2,3)19-17(14-23-12-8-7-11-18(23)20(25)26)15-24(22-19)13-16-9-5-4-6-10-16/h4-6,9-10,15,18H,7-8,11-14H2,1-3H3,(H,25,26). The van der Waals surface area contributed by atoms with E-state index in [2.05, 4.69) is 44.0 Å². The summed E-state index contributed by atoms with van der Waals surface area (Å²) in [5.74, 6) is -0.710. The summed E-state index contributed by atoms with van der Waals surface area (Å²) in [6.07, 6.45) is 4.89. The SMILES string of the molecule is CC(C)(C)c1nn(Cc2ccccc2)cc1CN1CCCCC1C(=O)O. The second-order valence-corrected chi connectivity index (χ2v) is 8.26.